The Morgan fingerprint density at radius 3 is 2.76 bits per heavy atom. The van der Waals surface area contributed by atoms with Crippen LogP contribution in [0.2, 0.25) is 0 Å². The highest BCUT2D eigenvalue weighted by molar-refractivity contribution is 7.90. The van der Waals surface area contributed by atoms with Crippen LogP contribution < -0.4 is 0 Å². The molecule has 0 N–H and O–H groups in total. The van der Waals surface area contributed by atoms with Gasteiger partial charge in [0.25, 0.3) is 10.0 Å². The fourth-order valence-corrected chi connectivity index (χ4v) is 2.92. The number of hydrogen-bond donors (Lipinski definition) is 0. The lowest BCUT2D eigenvalue weighted by Gasteiger charge is -2.01. The van der Waals surface area contributed by atoms with E-state index in [1.54, 1.807) is 25.1 Å². The standard InChI is InChI=1S/C11H11NO4S/c1-2-16-11(13)7-9-8-5-3-4-6-10(8)17(14,15)12-9/h3-6H,2,7H2,1H3. The van der Waals surface area contributed by atoms with E-state index in [0.717, 1.165) is 0 Å². The fourth-order valence-electron chi connectivity index (χ4n) is 1.65. The molecule has 17 heavy (non-hydrogen) atoms. The summed E-state index contributed by atoms with van der Waals surface area (Å²) in [5.41, 5.74) is 0.736. The van der Waals surface area contributed by atoms with Crippen LogP contribution in [0.3, 0.4) is 0 Å². The molecule has 0 amide bonds. The van der Waals surface area contributed by atoms with Crippen molar-refractivity contribution in [3.8, 4) is 0 Å². The zero-order chi connectivity index (χ0) is 12.5. The van der Waals surface area contributed by atoms with Crippen LogP contribution in [0.1, 0.15) is 18.9 Å². The topological polar surface area (TPSA) is 72.8 Å². The van der Waals surface area contributed by atoms with E-state index in [9.17, 15) is 13.2 Å². The Bertz CT molecular complexity index is 589. The van der Waals surface area contributed by atoms with Crippen LogP contribution in [0.5, 0.6) is 0 Å². The van der Waals surface area contributed by atoms with Gasteiger partial charge in [-0.1, -0.05) is 18.2 Å². The number of esters is 1. The predicted octanol–water partition coefficient (Wildman–Crippen LogP) is 1.13. The Balaban J connectivity index is 2.35. The maximum atomic E-state index is 11.7. The Hall–Kier alpha value is -1.69. The van der Waals surface area contributed by atoms with Gasteiger partial charge in [-0.2, -0.15) is 12.8 Å². The first-order chi connectivity index (χ1) is 8.04. The molecule has 90 valence electrons. The number of ether oxygens (including phenoxy) is 1. The second kappa shape index (κ2) is 4.29. The molecule has 0 fully saturated rings. The van der Waals surface area contributed by atoms with Gasteiger partial charge in [-0.05, 0) is 13.0 Å². The monoisotopic (exact) mass is 253 g/mol. The number of fused-ring (bicyclic) bond motifs is 1. The first kappa shape index (κ1) is 11.8. The number of rotatable bonds is 3. The Kier molecular flexibility index (Phi) is 2.97. The molecule has 0 radical (unpaired) electrons. The molecule has 2 rings (SSSR count). The van der Waals surface area contributed by atoms with Crippen LogP contribution in [0.4, 0.5) is 0 Å². The molecule has 0 aromatic heterocycles. The average Bonchev–Trinajstić information content (AvgIpc) is 2.52. The van der Waals surface area contributed by atoms with Crippen molar-refractivity contribution in [1.29, 1.82) is 0 Å². The number of sulfonamides is 1. The van der Waals surface area contributed by atoms with Gasteiger partial charge in [0, 0.05) is 5.56 Å². The molecule has 1 aliphatic rings. The molecule has 6 heteroatoms. The minimum Gasteiger partial charge on any atom is -0.466 e. The first-order valence-corrected chi connectivity index (χ1v) is 6.57. The average molecular weight is 253 g/mol. The number of benzene rings is 1. The molecule has 0 spiro atoms. The number of hydrogen-bond acceptors (Lipinski definition) is 4. The van der Waals surface area contributed by atoms with Crippen molar-refractivity contribution in [1.82, 2.24) is 0 Å². The molecule has 5 nitrogen and oxygen atoms in total. The van der Waals surface area contributed by atoms with Crippen LogP contribution >= 0.6 is 0 Å². The van der Waals surface area contributed by atoms with Crippen LogP contribution in [-0.2, 0) is 19.6 Å². The lowest BCUT2D eigenvalue weighted by molar-refractivity contribution is -0.141. The minimum atomic E-state index is -3.64. The van der Waals surface area contributed by atoms with Gasteiger partial charge in [-0.3, -0.25) is 4.79 Å². The lowest BCUT2D eigenvalue weighted by atomic mass is 10.1. The third-order valence-electron chi connectivity index (χ3n) is 2.32. The third kappa shape index (κ3) is 2.21. The quantitative estimate of drug-likeness (QED) is 0.757. The van der Waals surface area contributed by atoms with Gasteiger partial charge < -0.3 is 4.74 Å². The summed E-state index contributed by atoms with van der Waals surface area (Å²) in [5.74, 6) is -0.474. The van der Waals surface area contributed by atoms with Gasteiger partial charge in [0.05, 0.1) is 23.6 Å². The summed E-state index contributed by atoms with van der Waals surface area (Å²) in [7, 11) is -3.64. The van der Waals surface area contributed by atoms with E-state index in [4.69, 9.17) is 4.74 Å². The van der Waals surface area contributed by atoms with Crippen molar-refractivity contribution < 1.29 is 17.9 Å². The largest absolute Gasteiger partial charge is 0.466 e. The lowest BCUT2D eigenvalue weighted by Crippen LogP contribution is -2.10. The van der Waals surface area contributed by atoms with Gasteiger partial charge in [-0.15, -0.1) is 0 Å². The summed E-state index contributed by atoms with van der Waals surface area (Å²) >= 11 is 0. The van der Waals surface area contributed by atoms with Crippen LogP contribution in [0, 0.1) is 0 Å². The van der Waals surface area contributed by atoms with Crippen molar-refractivity contribution in [3.05, 3.63) is 29.8 Å². The molecule has 0 atom stereocenters. The second-order valence-corrected chi connectivity index (χ2v) is 5.06. The van der Waals surface area contributed by atoms with Crippen LogP contribution in [0.15, 0.2) is 33.6 Å². The zero-order valence-electron chi connectivity index (χ0n) is 9.21. The molecule has 0 aliphatic carbocycles. The number of carbonyl (C=O) groups is 1. The summed E-state index contributed by atoms with van der Waals surface area (Å²) in [6.45, 7) is 1.96. The zero-order valence-corrected chi connectivity index (χ0v) is 10.0. The van der Waals surface area contributed by atoms with E-state index in [-0.39, 0.29) is 23.6 Å². The molecule has 0 unspecified atom stereocenters. The Morgan fingerprint density at radius 2 is 2.06 bits per heavy atom. The first-order valence-electron chi connectivity index (χ1n) is 5.13. The van der Waals surface area contributed by atoms with Crippen molar-refractivity contribution in [2.45, 2.75) is 18.2 Å². The molecular weight excluding hydrogens is 242 g/mol. The van der Waals surface area contributed by atoms with Crippen LogP contribution in [-0.4, -0.2) is 26.7 Å². The number of carbonyl (C=O) groups excluding carboxylic acids is 1. The van der Waals surface area contributed by atoms with Crippen molar-refractivity contribution in [3.63, 3.8) is 0 Å². The summed E-state index contributed by atoms with van der Waals surface area (Å²) < 4.78 is 31.7. The molecule has 1 aromatic rings. The van der Waals surface area contributed by atoms with Gasteiger partial charge in [-0.25, -0.2) is 0 Å². The van der Waals surface area contributed by atoms with Crippen molar-refractivity contribution in [2.24, 2.45) is 4.40 Å². The maximum Gasteiger partial charge on any atom is 0.311 e. The van der Waals surface area contributed by atoms with E-state index in [1.165, 1.54) is 6.07 Å². The molecule has 1 aliphatic heterocycles. The van der Waals surface area contributed by atoms with E-state index in [1.807, 2.05) is 0 Å². The summed E-state index contributed by atoms with van der Waals surface area (Å²) in [6, 6.07) is 6.45. The van der Waals surface area contributed by atoms with E-state index < -0.39 is 16.0 Å². The molecular formula is C11H11NO4S. The SMILES string of the molecule is CCOC(=O)CC1=NS(=O)(=O)c2ccccc21. The van der Waals surface area contributed by atoms with Crippen LogP contribution in [0.25, 0.3) is 0 Å². The van der Waals surface area contributed by atoms with Gasteiger partial charge in [0.2, 0.25) is 0 Å². The normalized spacial score (nSPS) is 16.2. The van der Waals surface area contributed by atoms with Gasteiger partial charge in [0.15, 0.2) is 0 Å². The van der Waals surface area contributed by atoms with E-state index >= 15 is 0 Å². The second-order valence-electron chi connectivity index (χ2n) is 3.49. The number of nitrogens with zero attached hydrogens (tertiary/aromatic N) is 1. The predicted molar refractivity (Wildman–Crippen MR) is 61.4 cm³/mol. The highest BCUT2D eigenvalue weighted by Gasteiger charge is 2.29. The Morgan fingerprint density at radius 1 is 1.35 bits per heavy atom. The fraction of sp³-hybridized carbons (Fsp3) is 0.273. The highest BCUT2D eigenvalue weighted by Crippen LogP contribution is 2.27. The summed E-state index contributed by atoms with van der Waals surface area (Å²) in [6.07, 6.45) is -0.121. The molecule has 0 bridgehead atoms. The van der Waals surface area contributed by atoms with Crippen molar-refractivity contribution in [2.75, 3.05) is 6.61 Å². The summed E-state index contributed by atoms with van der Waals surface area (Å²) in [4.78, 5) is 11.5. The smallest absolute Gasteiger partial charge is 0.311 e. The van der Waals surface area contributed by atoms with Gasteiger partial charge >= 0.3 is 5.97 Å². The minimum absolute atomic E-state index is 0.121. The Labute approximate surface area is 99.2 Å². The molecule has 1 aromatic carbocycles. The summed E-state index contributed by atoms with van der Waals surface area (Å²) in [5, 5.41) is 0. The van der Waals surface area contributed by atoms with Crippen molar-refractivity contribution >= 4 is 21.7 Å². The third-order valence-corrected chi connectivity index (χ3v) is 3.70. The molecule has 0 saturated carbocycles. The maximum absolute atomic E-state index is 11.7. The van der Waals surface area contributed by atoms with E-state index in [0.29, 0.717) is 5.56 Å². The highest BCUT2D eigenvalue weighted by atomic mass is 32.2. The van der Waals surface area contributed by atoms with E-state index in [2.05, 4.69) is 4.40 Å². The molecule has 1 heterocycles. The van der Waals surface area contributed by atoms with Gasteiger partial charge in [0.1, 0.15) is 0 Å². The molecule has 0 saturated heterocycles.